The number of amides is 1. The minimum absolute atomic E-state index is 0.00214. The van der Waals surface area contributed by atoms with E-state index < -0.39 is 6.61 Å². The quantitative estimate of drug-likeness (QED) is 0.794. The Kier molecular flexibility index (Phi) is 5.14. The van der Waals surface area contributed by atoms with Crippen LogP contribution in [0.2, 0.25) is 0 Å². The molecular weight excluding hydrogens is 332 g/mol. The summed E-state index contributed by atoms with van der Waals surface area (Å²) in [6.45, 7) is -2.40. The van der Waals surface area contributed by atoms with Crippen molar-refractivity contribution < 1.29 is 18.3 Å². The molecule has 3 rings (SSSR count). The Morgan fingerprint density at radius 2 is 1.96 bits per heavy atom. The van der Waals surface area contributed by atoms with Crippen molar-refractivity contribution in [1.82, 2.24) is 4.90 Å². The van der Waals surface area contributed by atoms with Crippen LogP contribution in [0.3, 0.4) is 0 Å². The van der Waals surface area contributed by atoms with Crippen LogP contribution in [-0.2, 0) is 19.4 Å². The van der Waals surface area contributed by atoms with Crippen LogP contribution in [0.5, 0.6) is 5.75 Å². The topological polar surface area (TPSA) is 29.5 Å². The lowest BCUT2D eigenvalue weighted by Crippen LogP contribution is -2.25. The maximum atomic E-state index is 12.6. The van der Waals surface area contributed by atoms with E-state index in [1.165, 1.54) is 35.4 Å². The van der Waals surface area contributed by atoms with Crippen molar-refractivity contribution in [3.05, 3.63) is 51.2 Å². The second kappa shape index (κ2) is 7.30. The van der Waals surface area contributed by atoms with Crippen molar-refractivity contribution in [1.29, 1.82) is 0 Å². The number of hydrogen-bond acceptors (Lipinski definition) is 3. The number of benzene rings is 1. The van der Waals surface area contributed by atoms with E-state index in [9.17, 15) is 13.6 Å². The van der Waals surface area contributed by atoms with Gasteiger partial charge < -0.3 is 9.64 Å². The highest BCUT2D eigenvalue weighted by Crippen LogP contribution is 2.30. The summed E-state index contributed by atoms with van der Waals surface area (Å²) in [4.78, 5) is 16.4. The zero-order valence-electron chi connectivity index (χ0n) is 13.4. The highest BCUT2D eigenvalue weighted by atomic mass is 32.1. The molecule has 0 saturated carbocycles. The van der Waals surface area contributed by atoms with E-state index in [4.69, 9.17) is 0 Å². The smallest absolute Gasteiger partial charge is 0.387 e. The third-order valence-corrected chi connectivity index (χ3v) is 5.35. The average Bonchev–Trinajstić information content (AvgIpc) is 2.99. The molecule has 6 heteroatoms. The monoisotopic (exact) mass is 351 g/mol. The number of carbonyl (C=O) groups excluding carboxylic acids is 1. The molecule has 0 spiro atoms. The van der Waals surface area contributed by atoms with Crippen LogP contribution in [0.15, 0.2) is 30.3 Å². The molecule has 1 aromatic heterocycles. The van der Waals surface area contributed by atoms with Crippen molar-refractivity contribution in [3.63, 3.8) is 0 Å². The maximum absolute atomic E-state index is 12.6. The number of rotatable bonds is 5. The molecule has 3 nitrogen and oxygen atoms in total. The van der Waals surface area contributed by atoms with Gasteiger partial charge in [0.1, 0.15) is 5.75 Å². The van der Waals surface area contributed by atoms with Crippen molar-refractivity contribution in [2.75, 3.05) is 7.05 Å². The van der Waals surface area contributed by atoms with Crippen LogP contribution in [0, 0.1) is 0 Å². The van der Waals surface area contributed by atoms with Gasteiger partial charge in [-0.3, -0.25) is 4.79 Å². The molecule has 1 aliphatic carbocycles. The van der Waals surface area contributed by atoms with Crippen LogP contribution >= 0.6 is 11.3 Å². The number of thiophene rings is 1. The van der Waals surface area contributed by atoms with E-state index in [-0.39, 0.29) is 11.7 Å². The van der Waals surface area contributed by atoms with E-state index >= 15 is 0 Å². The molecule has 2 aromatic rings. The predicted molar refractivity (Wildman–Crippen MR) is 89.8 cm³/mol. The lowest BCUT2D eigenvalue weighted by molar-refractivity contribution is -0.0498. The van der Waals surface area contributed by atoms with E-state index in [0.29, 0.717) is 6.54 Å². The van der Waals surface area contributed by atoms with Crippen molar-refractivity contribution in [2.45, 2.75) is 38.8 Å². The first-order valence-corrected chi connectivity index (χ1v) is 8.75. The Balaban J connectivity index is 1.64. The number of halogens is 2. The summed E-state index contributed by atoms with van der Waals surface area (Å²) in [5, 5.41) is 0. The summed E-state index contributed by atoms with van der Waals surface area (Å²) in [5.41, 5.74) is 2.19. The standard InChI is InChI=1S/C18H19F2NO2S/c1-21(11-12-6-8-14(9-7-12)23-18(19)20)17(22)16-10-13-4-2-3-5-15(13)24-16/h6-10,18H,2-5,11H2,1H3. The second-order valence-corrected chi connectivity index (χ2v) is 7.09. The average molecular weight is 351 g/mol. The van der Waals surface area contributed by atoms with Gasteiger partial charge in [-0.2, -0.15) is 8.78 Å². The molecule has 0 bridgehead atoms. The Hall–Kier alpha value is -1.95. The second-order valence-electron chi connectivity index (χ2n) is 5.95. The molecule has 1 amide bonds. The zero-order valence-corrected chi connectivity index (χ0v) is 14.2. The molecule has 1 heterocycles. The molecule has 1 aromatic carbocycles. The summed E-state index contributed by atoms with van der Waals surface area (Å²) in [6, 6.07) is 8.40. The number of ether oxygens (including phenoxy) is 1. The lowest BCUT2D eigenvalue weighted by Gasteiger charge is -2.16. The third kappa shape index (κ3) is 3.93. The highest BCUT2D eigenvalue weighted by molar-refractivity contribution is 7.14. The molecule has 0 atom stereocenters. The summed E-state index contributed by atoms with van der Waals surface area (Å²) >= 11 is 1.60. The van der Waals surface area contributed by atoms with Crippen molar-refractivity contribution >= 4 is 17.2 Å². The van der Waals surface area contributed by atoms with Gasteiger partial charge >= 0.3 is 6.61 Å². The van der Waals surface area contributed by atoms with Gasteiger partial charge in [-0.1, -0.05) is 12.1 Å². The fraction of sp³-hybridized carbons (Fsp3) is 0.389. The molecule has 0 N–H and O–H groups in total. The summed E-state index contributed by atoms with van der Waals surface area (Å²) in [5.74, 6) is 0.121. The molecule has 0 unspecified atom stereocenters. The van der Waals surface area contributed by atoms with Gasteiger partial charge in [-0.05, 0) is 55.0 Å². The van der Waals surface area contributed by atoms with Crippen LogP contribution in [0.1, 0.15) is 38.5 Å². The van der Waals surface area contributed by atoms with Gasteiger partial charge in [-0.15, -0.1) is 11.3 Å². The van der Waals surface area contributed by atoms with Crippen LogP contribution in [0.25, 0.3) is 0 Å². The molecule has 1 aliphatic rings. The number of carbonyl (C=O) groups is 1. The number of hydrogen-bond donors (Lipinski definition) is 0. The first-order valence-electron chi connectivity index (χ1n) is 7.94. The van der Waals surface area contributed by atoms with Gasteiger partial charge in [0.05, 0.1) is 4.88 Å². The summed E-state index contributed by atoms with van der Waals surface area (Å²) in [6.07, 6.45) is 4.53. The van der Waals surface area contributed by atoms with Gasteiger partial charge in [0.25, 0.3) is 5.91 Å². The third-order valence-electron chi connectivity index (χ3n) is 4.12. The predicted octanol–water partition coefficient (Wildman–Crippen LogP) is 4.50. The van der Waals surface area contributed by atoms with Crippen molar-refractivity contribution in [3.8, 4) is 5.75 Å². The van der Waals surface area contributed by atoms with E-state index in [0.717, 1.165) is 23.3 Å². The number of alkyl halides is 2. The summed E-state index contributed by atoms with van der Waals surface area (Å²) < 4.78 is 28.6. The van der Waals surface area contributed by atoms with E-state index in [1.807, 2.05) is 6.07 Å². The molecule has 0 aliphatic heterocycles. The fourth-order valence-corrected chi connectivity index (χ4v) is 4.15. The molecule has 24 heavy (non-hydrogen) atoms. The molecule has 128 valence electrons. The van der Waals surface area contributed by atoms with Gasteiger partial charge in [-0.25, -0.2) is 0 Å². The number of nitrogens with zero attached hydrogens (tertiary/aromatic N) is 1. The van der Waals surface area contributed by atoms with Gasteiger partial charge in [0, 0.05) is 18.5 Å². The van der Waals surface area contributed by atoms with Gasteiger partial charge in [0.2, 0.25) is 0 Å². The fourth-order valence-electron chi connectivity index (χ4n) is 2.91. The minimum atomic E-state index is -2.83. The van der Waals surface area contributed by atoms with E-state index in [2.05, 4.69) is 4.74 Å². The largest absolute Gasteiger partial charge is 0.435 e. The molecule has 0 fully saturated rings. The van der Waals surface area contributed by atoms with Crippen LogP contribution in [-0.4, -0.2) is 24.5 Å². The Morgan fingerprint density at radius 3 is 2.62 bits per heavy atom. The van der Waals surface area contributed by atoms with Crippen molar-refractivity contribution in [2.24, 2.45) is 0 Å². The number of aryl methyl sites for hydroxylation is 2. The summed E-state index contributed by atoms with van der Waals surface area (Å²) in [7, 11) is 1.75. The zero-order chi connectivity index (χ0) is 17.1. The Morgan fingerprint density at radius 1 is 1.25 bits per heavy atom. The Bertz CT molecular complexity index is 689. The minimum Gasteiger partial charge on any atom is -0.435 e. The molecule has 0 radical (unpaired) electrons. The van der Waals surface area contributed by atoms with Gasteiger partial charge in [0.15, 0.2) is 0 Å². The maximum Gasteiger partial charge on any atom is 0.387 e. The van der Waals surface area contributed by atoms with Crippen LogP contribution in [0.4, 0.5) is 8.78 Å². The molecular formula is C18H19F2NO2S. The normalized spacial score (nSPS) is 13.7. The first-order chi connectivity index (χ1) is 11.5. The molecule has 0 saturated heterocycles. The number of fused-ring (bicyclic) bond motifs is 1. The SMILES string of the molecule is CN(Cc1ccc(OC(F)F)cc1)C(=O)c1cc2c(s1)CCCC2. The van der Waals surface area contributed by atoms with E-state index in [1.54, 1.807) is 35.4 Å². The highest BCUT2D eigenvalue weighted by Gasteiger charge is 2.19. The Labute approximate surface area is 143 Å². The van der Waals surface area contributed by atoms with Crippen LogP contribution < -0.4 is 4.74 Å². The first kappa shape index (κ1) is 16.9. The lowest BCUT2D eigenvalue weighted by atomic mass is 9.99.